The highest BCUT2D eigenvalue weighted by atomic mass is 35.5. The first-order valence-corrected chi connectivity index (χ1v) is 9.70. The van der Waals surface area contributed by atoms with E-state index in [0.29, 0.717) is 26.3 Å². The van der Waals surface area contributed by atoms with Gasteiger partial charge in [-0.15, -0.1) is 0 Å². The zero-order chi connectivity index (χ0) is 21.5. The van der Waals surface area contributed by atoms with Crippen molar-refractivity contribution in [1.82, 2.24) is 0 Å². The third-order valence-electron chi connectivity index (χ3n) is 5.17. The summed E-state index contributed by atoms with van der Waals surface area (Å²) in [6.07, 6.45) is -4.93. The zero-order valence-corrected chi connectivity index (χ0v) is 16.4. The molecule has 1 aliphatic rings. The number of ether oxygens (including phenoxy) is 1. The third-order valence-corrected chi connectivity index (χ3v) is 5.50. The first kappa shape index (κ1) is 20.7. The highest BCUT2D eigenvalue weighted by molar-refractivity contribution is 6.33. The van der Waals surface area contributed by atoms with Crippen molar-refractivity contribution >= 4 is 22.6 Å². The number of alkyl halides is 3. The van der Waals surface area contributed by atoms with E-state index in [1.165, 1.54) is 30.3 Å². The molecule has 0 bridgehead atoms. The van der Waals surface area contributed by atoms with Gasteiger partial charge in [0.15, 0.2) is 5.58 Å². The van der Waals surface area contributed by atoms with E-state index in [1.807, 2.05) is 0 Å². The van der Waals surface area contributed by atoms with Gasteiger partial charge in [0, 0.05) is 10.6 Å². The smallest absolute Gasteiger partial charge is 0.450 e. The number of phenols is 1. The number of benzene rings is 2. The fourth-order valence-electron chi connectivity index (χ4n) is 3.67. The number of aromatic hydroxyl groups is 1. The van der Waals surface area contributed by atoms with Crippen molar-refractivity contribution in [2.75, 3.05) is 26.3 Å². The largest absolute Gasteiger partial charge is 0.507 e. The van der Waals surface area contributed by atoms with Gasteiger partial charge in [-0.05, 0) is 18.2 Å². The highest BCUT2D eigenvalue weighted by Crippen LogP contribution is 2.40. The molecule has 30 heavy (non-hydrogen) atoms. The van der Waals surface area contributed by atoms with Gasteiger partial charge in [-0.2, -0.15) is 13.2 Å². The van der Waals surface area contributed by atoms with Crippen molar-refractivity contribution in [3.8, 4) is 16.9 Å². The number of halogens is 4. The standard InChI is InChI=1S/C21H17ClF3NO4/c22-15-4-2-1-3-12(15)17-18(28)13-5-6-16(27)14(11-26-7-9-29-10-8-26)19(13)30-20(17)21(23,24)25/h1-6,27H,7-11H2/p+1. The summed E-state index contributed by atoms with van der Waals surface area (Å²) >= 11 is 6.09. The number of phenolic OH excluding ortho intramolecular Hbond substituents is 1. The summed E-state index contributed by atoms with van der Waals surface area (Å²) in [4.78, 5) is 14.2. The summed E-state index contributed by atoms with van der Waals surface area (Å²) in [6.45, 7) is 2.48. The molecule has 4 rings (SSSR count). The molecule has 3 aromatic rings. The number of hydrogen-bond donors (Lipinski definition) is 2. The van der Waals surface area contributed by atoms with E-state index in [2.05, 4.69) is 0 Å². The summed E-state index contributed by atoms with van der Waals surface area (Å²) in [5.41, 5.74) is -1.65. The molecule has 0 amide bonds. The first-order valence-electron chi connectivity index (χ1n) is 9.32. The Morgan fingerprint density at radius 2 is 1.80 bits per heavy atom. The number of nitrogens with one attached hydrogen (secondary N) is 1. The van der Waals surface area contributed by atoms with Gasteiger partial charge in [0.25, 0.3) is 0 Å². The number of morpholine rings is 1. The summed E-state index contributed by atoms with van der Waals surface area (Å²) in [6, 6.07) is 8.38. The molecule has 1 fully saturated rings. The molecule has 0 radical (unpaired) electrons. The number of fused-ring (bicyclic) bond motifs is 1. The van der Waals surface area contributed by atoms with Crippen LogP contribution in [0.1, 0.15) is 11.3 Å². The molecule has 158 valence electrons. The molecule has 1 saturated heterocycles. The Morgan fingerprint density at radius 1 is 1.10 bits per heavy atom. The fraction of sp³-hybridized carbons (Fsp3) is 0.286. The number of quaternary nitrogens is 1. The van der Waals surface area contributed by atoms with Crippen molar-refractivity contribution in [3.05, 3.63) is 63.0 Å². The molecule has 0 unspecified atom stereocenters. The molecule has 0 atom stereocenters. The van der Waals surface area contributed by atoms with Gasteiger partial charge in [-0.25, -0.2) is 0 Å². The van der Waals surface area contributed by atoms with Crippen LogP contribution in [0.2, 0.25) is 5.02 Å². The minimum absolute atomic E-state index is 0.00594. The Balaban J connectivity index is 1.99. The average Bonchev–Trinajstić information content (AvgIpc) is 2.71. The van der Waals surface area contributed by atoms with E-state index < -0.39 is 22.9 Å². The first-order chi connectivity index (χ1) is 14.3. The van der Waals surface area contributed by atoms with Crippen LogP contribution in [0.15, 0.2) is 45.6 Å². The second-order valence-corrected chi connectivity index (χ2v) is 7.50. The van der Waals surface area contributed by atoms with Crippen LogP contribution >= 0.6 is 11.6 Å². The van der Waals surface area contributed by atoms with Gasteiger partial charge in [-0.3, -0.25) is 4.79 Å². The molecular formula is C21H18ClF3NO4+. The minimum Gasteiger partial charge on any atom is -0.507 e. The van der Waals surface area contributed by atoms with Gasteiger partial charge in [0.05, 0.1) is 29.7 Å². The normalized spacial score (nSPS) is 15.6. The third kappa shape index (κ3) is 3.78. The van der Waals surface area contributed by atoms with Gasteiger partial charge < -0.3 is 19.2 Å². The molecule has 0 spiro atoms. The Kier molecular flexibility index (Phi) is 5.48. The lowest BCUT2D eigenvalue weighted by Crippen LogP contribution is -3.12. The van der Waals surface area contributed by atoms with Crippen LogP contribution in [-0.2, 0) is 17.5 Å². The van der Waals surface area contributed by atoms with Crippen LogP contribution in [0.4, 0.5) is 13.2 Å². The van der Waals surface area contributed by atoms with Crippen LogP contribution < -0.4 is 10.3 Å². The Hall–Kier alpha value is -2.55. The van der Waals surface area contributed by atoms with E-state index in [0.717, 1.165) is 4.90 Å². The van der Waals surface area contributed by atoms with E-state index in [-0.39, 0.29) is 39.4 Å². The number of hydrogen-bond acceptors (Lipinski definition) is 4. The average molecular weight is 441 g/mol. The summed E-state index contributed by atoms with van der Waals surface area (Å²) in [7, 11) is 0. The molecule has 1 aliphatic heterocycles. The molecular weight excluding hydrogens is 423 g/mol. The molecule has 2 heterocycles. The highest BCUT2D eigenvalue weighted by Gasteiger charge is 2.40. The predicted molar refractivity (Wildman–Crippen MR) is 105 cm³/mol. The van der Waals surface area contributed by atoms with E-state index >= 15 is 0 Å². The van der Waals surface area contributed by atoms with Crippen LogP contribution in [0, 0.1) is 0 Å². The van der Waals surface area contributed by atoms with Gasteiger partial charge >= 0.3 is 6.18 Å². The topological polar surface area (TPSA) is 64.1 Å². The van der Waals surface area contributed by atoms with Crippen LogP contribution in [0.5, 0.6) is 5.75 Å². The molecule has 5 nitrogen and oxygen atoms in total. The SMILES string of the molecule is O=c1c(-c2ccccc2Cl)c(C(F)(F)F)oc2c(C[NH+]3CCOCC3)c(O)ccc12. The van der Waals surface area contributed by atoms with Crippen molar-refractivity contribution in [1.29, 1.82) is 0 Å². The molecule has 1 aromatic heterocycles. The minimum atomic E-state index is -4.93. The van der Waals surface area contributed by atoms with Crippen molar-refractivity contribution in [3.63, 3.8) is 0 Å². The lowest BCUT2D eigenvalue weighted by Gasteiger charge is -2.24. The monoisotopic (exact) mass is 440 g/mol. The maximum absolute atomic E-state index is 13.9. The van der Waals surface area contributed by atoms with Crippen molar-refractivity contribution < 1.29 is 32.3 Å². The second kappa shape index (κ2) is 7.94. The molecule has 2 aromatic carbocycles. The molecule has 0 aliphatic carbocycles. The quantitative estimate of drug-likeness (QED) is 0.656. The maximum Gasteiger partial charge on any atom is 0.450 e. The van der Waals surface area contributed by atoms with Crippen LogP contribution in [0.3, 0.4) is 0 Å². The lowest BCUT2D eigenvalue weighted by molar-refractivity contribution is -0.921. The van der Waals surface area contributed by atoms with Crippen LogP contribution in [0.25, 0.3) is 22.1 Å². The summed E-state index contributed by atoms with van der Waals surface area (Å²) in [5, 5.41) is 10.3. The zero-order valence-electron chi connectivity index (χ0n) is 15.7. The molecule has 9 heteroatoms. The summed E-state index contributed by atoms with van der Waals surface area (Å²) in [5.74, 6) is -1.65. The van der Waals surface area contributed by atoms with Crippen LogP contribution in [-0.4, -0.2) is 31.4 Å². The Labute approximate surface area is 174 Å². The van der Waals surface area contributed by atoms with E-state index in [4.69, 9.17) is 20.8 Å². The van der Waals surface area contributed by atoms with Crippen molar-refractivity contribution in [2.24, 2.45) is 0 Å². The van der Waals surface area contributed by atoms with E-state index in [1.54, 1.807) is 6.07 Å². The van der Waals surface area contributed by atoms with Gasteiger partial charge in [0.1, 0.15) is 25.4 Å². The summed E-state index contributed by atoms with van der Waals surface area (Å²) < 4.78 is 52.3. The Morgan fingerprint density at radius 3 is 2.47 bits per heavy atom. The predicted octanol–water partition coefficient (Wildman–Crippen LogP) is 3.25. The van der Waals surface area contributed by atoms with Gasteiger partial charge in [0.2, 0.25) is 11.2 Å². The number of rotatable bonds is 3. The maximum atomic E-state index is 13.9. The molecule has 2 N–H and O–H groups in total. The molecule has 0 saturated carbocycles. The van der Waals surface area contributed by atoms with Crippen molar-refractivity contribution in [2.45, 2.75) is 12.7 Å². The van der Waals surface area contributed by atoms with Gasteiger partial charge in [-0.1, -0.05) is 29.8 Å². The Bertz CT molecular complexity index is 1150. The lowest BCUT2D eigenvalue weighted by atomic mass is 10.00. The fourth-order valence-corrected chi connectivity index (χ4v) is 3.90. The van der Waals surface area contributed by atoms with E-state index in [9.17, 15) is 23.1 Å². The second-order valence-electron chi connectivity index (χ2n) is 7.09.